The molecule has 2 aromatic carbocycles. The van der Waals surface area contributed by atoms with E-state index in [9.17, 15) is 0 Å². The average Bonchev–Trinajstić information content (AvgIpc) is 2.83. The molecule has 1 aliphatic rings. The van der Waals surface area contributed by atoms with E-state index in [4.69, 9.17) is 4.84 Å². The standard InChI is InChI=1S/C15H16BNO/c1-17-16-14(12-8-4-2-5-9-12)15(18-17)13-10-6-3-7-11-13/h2-11,14-16H,1H3/t14-,15-/m0/s1. The Hall–Kier alpha value is -1.58. The fourth-order valence-electron chi connectivity index (χ4n) is 2.60. The fraction of sp³-hybridized carbons (Fsp3) is 0.200. The van der Waals surface area contributed by atoms with Crippen LogP contribution in [0.25, 0.3) is 0 Å². The highest BCUT2D eigenvalue weighted by molar-refractivity contribution is 6.35. The molecule has 2 aromatic rings. The molecule has 1 aliphatic heterocycles. The molecule has 1 heterocycles. The Morgan fingerprint density at radius 2 is 1.44 bits per heavy atom. The first kappa shape index (κ1) is 11.5. The molecule has 2 nitrogen and oxygen atoms in total. The maximum Gasteiger partial charge on any atom is 0.249 e. The molecule has 3 rings (SSSR count). The molecule has 18 heavy (non-hydrogen) atoms. The lowest BCUT2D eigenvalue weighted by atomic mass is 9.68. The van der Waals surface area contributed by atoms with Gasteiger partial charge in [-0.25, -0.2) is 4.97 Å². The van der Waals surface area contributed by atoms with Crippen molar-refractivity contribution in [2.45, 2.75) is 11.9 Å². The van der Waals surface area contributed by atoms with Gasteiger partial charge in [-0.2, -0.15) is 0 Å². The van der Waals surface area contributed by atoms with Gasteiger partial charge in [0.05, 0.1) is 0 Å². The molecule has 0 unspecified atom stereocenters. The van der Waals surface area contributed by atoms with Gasteiger partial charge in [0.2, 0.25) is 7.41 Å². The second-order valence-electron chi connectivity index (χ2n) is 4.76. The molecule has 1 saturated heterocycles. The van der Waals surface area contributed by atoms with Crippen LogP contribution in [-0.4, -0.2) is 19.4 Å². The third-order valence-electron chi connectivity index (χ3n) is 3.47. The fourth-order valence-corrected chi connectivity index (χ4v) is 2.60. The van der Waals surface area contributed by atoms with Crippen LogP contribution in [0.3, 0.4) is 0 Å². The summed E-state index contributed by atoms with van der Waals surface area (Å²) in [5.41, 5.74) is 2.59. The normalized spacial score (nSPS) is 23.8. The third-order valence-corrected chi connectivity index (χ3v) is 3.47. The van der Waals surface area contributed by atoms with Crippen molar-refractivity contribution in [3.8, 4) is 0 Å². The van der Waals surface area contributed by atoms with Crippen molar-refractivity contribution >= 4 is 7.41 Å². The van der Waals surface area contributed by atoms with E-state index in [1.807, 2.05) is 18.1 Å². The maximum atomic E-state index is 5.95. The van der Waals surface area contributed by atoms with Gasteiger partial charge in [0.15, 0.2) is 0 Å². The summed E-state index contributed by atoms with van der Waals surface area (Å²) >= 11 is 0. The number of nitrogens with zero attached hydrogens (tertiary/aromatic N) is 1. The first-order valence-corrected chi connectivity index (χ1v) is 6.32. The minimum atomic E-state index is 0.124. The molecule has 0 bridgehead atoms. The quantitative estimate of drug-likeness (QED) is 0.744. The second kappa shape index (κ2) is 4.97. The number of hydrogen-bond acceptors (Lipinski definition) is 2. The molecule has 90 valence electrons. The summed E-state index contributed by atoms with van der Waals surface area (Å²) in [6.07, 6.45) is 0.124. The molecule has 0 saturated carbocycles. The summed E-state index contributed by atoms with van der Waals surface area (Å²) in [6, 6.07) is 21.1. The molecule has 2 atom stereocenters. The van der Waals surface area contributed by atoms with Crippen LogP contribution in [0.15, 0.2) is 60.7 Å². The zero-order chi connectivity index (χ0) is 12.4. The van der Waals surface area contributed by atoms with E-state index >= 15 is 0 Å². The Bertz CT molecular complexity index is 455. The zero-order valence-electron chi connectivity index (χ0n) is 10.5. The summed E-state index contributed by atoms with van der Waals surface area (Å²) in [4.78, 5) is 7.89. The highest BCUT2D eigenvalue weighted by Gasteiger charge is 2.35. The Morgan fingerprint density at radius 1 is 0.889 bits per heavy atom. The van der Waals surface area contributed by atoms with Gasteiger partial charge in [0, 0.05) is 5.82 Å². The molecular formula is C15H16BNO. The van der Waals surface area contributed by atoms with Crippen LogP contribution in [0.1, 0.15) is 23.0 Å². The molecule has 0 radical (unpaired) electrons. The lowest BCUT2D eigenvalue weighted by Gasteiger charge is -2.18. The van der Waals surface area contributed by atoms with Gasteiger partial charge in [0.25, 0.3) is 0 Å². The summed E-state index contributed by atoms with van der Waals surface area (Å²) in [6.45, 7) is 0. The van der Waals surface area contributed by atoms with Crippen molar-refractivity contribution in [3.63, 3.8) is 0 Å². The van der Waals surface area contributed by atoms with Crippen LogP contribution in [0.5, 0.6) is 0 Å². The largest absolute Gasteiger partial charge is 0.303 e. The first-order chi connectivity index (χ1) is 8.84. The van der Waals surface area contributed by atoms with Crippen LogP contribution in [-0.2, 0) is 4.84 Å². The van der Waals surface area contributed by atoms with Crippen molar-refractivity contribution in [1.29, 1.82) is 0 Å². The van der Waals surface area contributed by atoms with Gasteiger partial charge in [-0.1, -0.05) is 60.7 Å². The third kappa shape index (κ3) is 2.19. The molecule has 0 spiro atoms. The van der Waals surface area contributed by atoms with Crippen LogP contribution >= 0.6 is 0 Å². The lowest BCUT2D eigenvalue weighted by molar-refractivity contribution is -0.0961. The van der Waals surface area contributed by atoms with Crippen molar-refractivity contribution in [3.05, 3.63) is 71.8 Å². The van der Waals surface area contributed by atoms with Gasteiger partial charge in [-0.05, 0) is 18.2 Å². The highest BCUT2D eigenvalue weighted by Crippen LogP contribution is 2.38. The van der Waals surface area contributed by atoms with Crippen molar-refractivity contribution < 1.29 is 4.84 Å². The van der Waals surface area contributed by atoms with E-state index in [-0.39, 0.29) is 6.10 Å². The number of hydrogen-bond donors (Lipinski definition) is 0. The summed E-state index contributed by atoms with van der Waals surface area (Å²) in [5.74, 6) is 0.401. The molecular weight excluding hydrogens is 221 g/mol. The Balaban J connectivity index is 1.93. The van der Waals surface area contributed by atoms with Crippen LogP contribution in [0.4, 0.5) is 0 Å². The Labute approximate surface area is 108 Å². The van der Waals surface area contributed by atoms with Gasteiger partial charge in [0.1, 0.15) is 6.10 Å². The molecule has 0 amide bonds. The number of benzene rings is 2. The molecule has 3 heteroatoms. The predicted molar refractivity (Wildman–Crippen MR) is 74.4 cm³/mol. The smallest absolute Gasteiger partial charge is 0.249 e. The second-order valence-corrected chi connectivity index (χ2v) is 4.76. The van der Waals surface area contributed by atoms with Gasteiger partial charge < -0.3 is 4.84 Å². The topological polar surface area (TPSA) is 12.5 Å². The molecule has 0 aliphatic carbocycles. The minimum absolute atomic E-state index is 0.124. The highest BCUT2D eigenvalue weighted by atomic mass is 16.7. The van der Waals surface area contributed by atoms with E-state index in [0.29, 0.717) is 5.82 Å². The van der Waals surface area contributed by atoms with Crippen molar-refractivity contribution in [2.75, 3.05) is 7.05 Å². The predicted octanol–water partition coefficient (Wildman–Crippen LogP) is 2.70. The van der Waals surface area contributed by atoms with Crippen LogP contribution in [0, 0.1) is 0 Å². The Morgan fingerprint density at radius 3 is 2.06 bits per heavy atom. The van der Waals surface area contributed by atoms with Crippen LogP contribution in [0.2, 0.25) is 0 Å². The molecule has 0 aromatic heterocycles. The summed E-state index contributed by atoms with van der Waals surface area (Å²) < 4.78 is 0. The van der Waals surface area contributed by atoms with E-state index in [2.05, 4.69) is 54.6 Å². The number of hydroxylamine groups is 1. The summed E-state index contributed by atoms with van der Waals surface area (Å²) in [7, 11) is 2.93. The van der Waals surface area contributed by atoms with E-state index in [1.165, 1.54) is 11.1 Å². The molecule has 1 fully saturated rings. The van der Waals surface area contributed by atoms with Crippen LogP contribution < -0.4 is 0 Å². The summed E-state index contributed by atoms with van der Waals surface area (Å²) in [5, 5.41) is 0. The van der Waals surface area contributed by atoms with Crippen molar-refractivity contribution in [2.24, 2.45) is 0 Å². The zero-order valence-corrected chi connectivity index (χ0v) is 10.5. The van der Waals surface area contributed by atoms with Gasteiger partial charge in [-0.3, -0.25) is 0 Å². The van der Waals surface area contributed by atoms with Crippen molar-refractivity contribution in [1.82, 2.24) is 4.97 Å². The van der Waals surface area contributed by atoms with E-state index in [0.717, 1.165) is 7.41 Å². The van der Waals surface area contributed by atoms with Gasteiger partial charge >= 0.3 is 0 Å². The first-order valence-electron chi connectivity index (χ1n) is 6.32. The minimum Gasteiger partial charge on any atom is -0.303 e. The molecule has 0 N–H and O–H groups in total. The number of rotatable bonds is 2. The Kier molecular flexibility index (Phi) is 3.18. The lowest BCUT2D eigenvalue weighted by Crippen LogP contribution is -2.16. The SMILES string of the molecule is CN1B[C@@H](c2ccccc2)[C@H](c2ccccc2)O1. The van der Waals surface area contributed by atoms with Gasteiger partial charge in [-0.15, -0.1) is 0 Å². The maximum absolute atomic E-state index is 5.95. The van der Waals surface area contributed by atoms with E-state index < -0.39 is 0 Å². The average molecular weight is 237 g/mol. The monoisotopic (exact) mass is 237 g/mol. The van der Waals surface area contributed by atoms with E-state index in [1.54, 1.807) is 0 Å².